The largest absolute Gasteiger partial charge is 0.380 e. The van der Waals surface area contributed by atoms with Crippen LogP contribution in [-0.4, -0.2) is 30.1 Å². The molecule has 0 bridgehead atoms. The number of hydrogen-bond acceptors (Lipinski definition) is 3. The lowest BCUT2D eigenvalue weighted by Crippen LogP contribution is -2.31. The number of ether oxygens (including phenoxy) is 1. The number of benzene rings is 1. The van der Waals surface area contributed by atoms with Crippen LogP contribution in [0, 0.1) is 0 Å². The molecule has 0 unspecified atom stereocenters. The van der Waals surface area contributed by atoms with Crippen LogP contribution in [0.3, 0.4) is 0 Å². The summed E-state index contributed by atoms with van der Waals surface area (Å²) in [6.07, 6.45) is 1.72. The fourth-order valence-electron chi connectivity index (χ4n) is 1.94. The predicted molar refractivity (Wildman–Crippen MR) is 81.9 cm³/mol. The molecule has 0 radical (unpaired) electrons. The Balaban J connectivity index is 2.01. The average Bonchev–Trinajstić information content (AvgIpc) is 2.50. The maximum Gasteiger partial charge on any atom is 0.321 e. The summed E-state index contributed by atoms with van der Waals surface area (Å²) in [5, 5.41) is 2.89. The van der Waals surface area contributed by atoms with Gasteiger partial charge in [-0.1, -0.05) is 24.3 Å². The first-order valence-corrected chi connectivity index (χ1v) is 6.69. The van der Waals surface area contributed by atoms with Gasteiger partial charge >= 0.3 is 6.03 Å². The van der Waals surface area contributed by atoms with Gasteiger partial charge in [-0.15, -0.1) is 0 Å². The van der Waals surface area contributed by atoms with Crippen molar-refractivity contribution in [2.45, 2.75) is 13.2 Å². The van der Waals surface area contributed by atoms with Gasteiger partial charge in [-0.3, -0.25) is 4.98 Å². The van der Waals surface area contributed by atoms with Gasteiger partial charge in [0.15, 0.2) is 0 Å². The van der Waals surface area contributed by atoms with Crippen molar-refractivity contribution >= 4 is 11.7 Å². The summed E-state index contributed by atoms with van der Waals surface area (Å²) in [5.74, 6) is 0. The smallest absolute Gasteiger partial charge is 0.321 e. The molecule has 0 aliphatic carbocycles. The lowest BCUT2D eigenvalue weighted by Gasteiger charge is -2.18. The Morgan fingerprint density at radius 2 is 2.00 bits per heavy atom. The molecular formula is C16H19N3O2. The summed E-state index contributed by atoms with van der Waals surface area (Å²) >= 11 is 0. The number of nitrogens with one attached hydrogen (secondary N) is 1. The second-order valence-electron chi connectivity index (χ2n) is 4.70. The molecule has 5 heteroatoms. The molecule has 0 fully saturated rings. The van der Waals surface area contributed by atoms with Crippen LogP contribution in [0.25, 0.3) is 0 Å². The highest BCUT2D eigenvalue weighted by Gasteiger charge is 2.11. The number of nitrogens with zero attached hydrogens (tertiary/aromatic N) is 2. The third kappa shape index (κ3) is 4.29. The number of methoxy groups -OCH3 is 1. The molecular weight excluding hydrogens is 266 g/mol. The summed E-state index contributed by atoms with van der Waals surface area (Å²) in [6.45, 7) is 0.916. The molecule has 0 aliphatic heterocycles. The van der Waals surface area contributed by atoms with Crippen molar-refractivity contribution in [1.82, 2.24) is 9.88 Å². The van der Waals surface area contributed by atoms with Gasteiger partial charge < -0.3 is 15.0 Å². The van der Waals surface area contributed by atoms with Crippen molar-refractivity contribution in [3.05, 3.63) is 59.9 Å². The van der Waals surface area contributed by atoms with E-state index in [1.54, 1.807) is 25.3 Å². The molecule has 2 aromatic rings. The molecule has 110 valence electrons. The number of aromatic nitrogens is 1. The Kier molecular flexibility index (Phi) is 5.29. The van der Waals surface area contributed by atoms with Crippen molar-refractivity contribution in [2.75, 3.05) is 19.5 Å². The highest BCUT2D eigenvalue weighted by Crippen LogP contribution is 2.16. The average molecular weight is 285 g/mol. The molecule has 1 aromatic heterocycles. The number of carbonyl (C=O) groups excluding carboxylic acids is 1. The zero-order valence-corrected chi connectivity index (χ0v) is 12.2. The van der Waals surface area contributed by atoms with Gasteiger partial charge in [0, 0.05) is 31.6 Å². The van der Waals surface area contributed by atoms with E-state index in [4.69, 9.17) is 4.74 Å². The third-order valence-electron chi connectivity index (χ3n) is 3.03. The second kappa shape index (κ2) is 7.40. The number of hydrogen-bond donors (Lipinski definition) is 1. The van der Waals surface area contributed by atoms with Crippen LogP contribution in [0.15, 0.2) is 48.7 Å². The number of pyridine rings is 1. The van der Waals surface area contributed by atoms with E-state index in [2.05, 4.69) is 10.3 Å². The molecule has 0 atom stereocenters. The van der Waals surface area contributed by atoms with E-state index in [9.17, 15) is 4.79 Å². The van der Waals surface area contributed by atoms with Crippen LogP contribution in [0.2, 0.25) is 0 Å². The van der Waals surface area contributed by atoms with E-state index in [1.807, 2.05) is 42.5 Å². The molecule has 1 heterocycles. The van der Waals surface area contributed by atoms with Gasteiger partial charge in [-0.25, -0.2) is 4.79 Å². The van der Waals surface area contributed by atoms with E-state index in [0.717, 1.165) is 16.9 Å². The molecule has 1 aromatic carbocycles. The van der Waals surface area contributed by atoms with E-state index in [1.165, 1.54) is 0 Å². The van der Waals surface area contributed by atoms with E-state index >= 15 is 0 Å². The minimum atomic E-state index is -0.177. The summed E-state index contributed by atoms with van der Waals surface area (Å²) in [4.78, 5) is 18.0. The van der Waals surface area contributed by atoms with Gasteiger partial charge in [-0.2, -0.15) is 0 Å². The van der Waals surface area contributed by atoms with Crippen LogP contribution >= 0.6 is 0 Å². The molecule has 1 N–H and O–H groups in total. The van der Waals surface area contributed by atoms with Crippen LogP contribution in [0.4, 0.5) is 10.5 Å². The predicted octanol–water partition coefficient (Wildman–Crippen LogP) is 2.89. The topological polar surface area (TPSA) is 54.5 Å². The monoisotopic (exact) mass is 285 g/mol. The maximum absolute atomic E-state index is 12.2. The number of carbonyl (C=O) groups is 1. The molecule has 0 saturated carbocycles. The lowest BCUT2D eigenvalue weighted by molar-refractivity contribution is 0.185. The normalized spacial score (nSPS) is 10.2. The van der Waals surface area contributed by atoms with Gasteiger partial charge in [-0.05, 0) is 18.2 Å². The van der Waals surface area contributed by atoms with Crippen LogP contribution < -0.4 is 5.32 Å². The standard InChI is InChI=1S/C16H19N3O2/c1-19(11-14-8-5-6-10-17-14)16(20)18-15-9-4-3-7-13(15)12-21-2/h3-10H,11-12H2,1-2H3,(H,18,20). The Labute approximate surface area is 124 Å². The number of para-hydroxylation sites is 1. The van der Waals surface area contributed by atoms with E-state index in [-0.39, 0.29) is 6.03 Å². The molecule has 0 spiro atoms. The van der Waals surface area contributed by atoms with Crippen LogP contribution in [0.1, 0.15) is 11.3 Å². The maximum atomic E-state index is 12.2. The fraction of sp³-hybridized carbons (Fsp3) is 0.250. The number of amides is 2. The van der Waals surface area contributed by atoms with Crippen molar-refractivity contribution < 1.29 is 9.53 Å². The van der Waals surface area contributed by atoms with E-state index < -0.39 is 0 Å². The Hall–Kier alpha value is -2.40. The molecule has 21 heavy (non-hydrogen) atoms. The summed E-state index contributed by atoms with van der Waals surface area (Å²) in [5.41, 5.74) is 2.55. The quantitative estimate of drug-likeness (QED) is 0.919. The Bertz CT molecular complexity index is 587. The van der Waals surface area contributed by atoms with Crippen LogP contribution in [-0.2, 0) is 17.9 Å². The summed E-state index contributed by atoms with van der Waals surface area (Å²) < 4.78 is 5.13. The summed E-state index contributed by atoms with van der Waals surface area (Å²) in [7, 11) is 3.37. The molecule has 2 amide bonds. The van der Waals surface area contributed by atoms with Gasteiger partial charge in [0.2, 0.25) is 0 Å². The molecule has 0 saturated heterocycles. The second-order valence-corrected chi connectivity index (χ2v) is 4.70. The number of rotatable bonds is 5. The molecule has 5 nitrogen and oxygen atoms in total. The first kappa shape index (κ1) is 15.0. The SMILES string of the molecule is COCc1ccccc1NC(=O)N(C)Cc1ccccn1. The Morgan fingerprint density at radius 1 is 1.24 bits per heavy atom. The first-order chi connectivity index (χ1) is 10.2. The van der Waals surface area contributed by atoms with Crippen molar-refractivity contribution in [3.63, 3.8) is 0 Å². The first-order valence-electron chi connectivity index (χ1n) is 6.69. The zero-order valence-electron chi connectivity index (χ0n) is 12.2. The van der Waals surface area contributed by atoms with Crippen LogP contribution in [0.5, 0.6) is 0 Å². The Morgan fingerprint density at radius 3 is 2.71 bits per heavy atom. The van der Waals surface area contributed by atoms with E-state index in [0.29, 0.717) is 13.2 Å². The zero-order chi connectivity index (χ0) is 15.1. The van der Waals surface area contributed by atoms with Crippen molar-refractivity contribution in [3.8, 4) is 0 Å². The fourth-order valence-corrected chi connectivity index (χ4v) is 1.94. The molecule has 2 rings (SSSR count). The number of anilines is 1. The summed E-state index contributed by atoms with van der Waals surface area (Å²) in [6, 6.07) is 13.1. The van der Waals surface area contributed by atoms with Crippen molar-refractivity contribution in [1.29, 1.82) is 0 Å². The third-order valence-corrected chi connectivity index (χ3v) is 3.03. The minimum Gasteiger partial charge on any atom is -0.380 e. The van der Waals surface area contributed by atoms with Gasteiger partial charge in [0.25, 0.3) is 0 Å². The minimum absolute atomic E-state index is 0.177. The lowest BCUT2D eigenvalue weighted by atomic mass is 10.2. The molecule has 0 aliphatic rings. The van der Waals surface area contributed by atoms with Gasteiger partial charge in [0.05, 0.1) is 18.8 Å². The number of urea groups is 1. The van der Waals surface area contributed by atoms with Crippen molar-refractivity contribution in [2.24, 2.45) is 0 Å². The van der Waals surface area contributed by atoms with Gasteiger partial charge in [0.1, 0.15) is 0 Å². The highest BCUT2D eigenvalue weighted by atomic mass is 16.5. The highest BCUT2D eigenvalue weighted by molar-refractivity contribution is 5.89.